The van der Waals surface area contributed by atoms with Crippen LogP contribution in [-0.2, 0) is 22.4 Å². The molecule has 0 bridgehead atoms. The zero-order valence-corrected chi connectivity index (χ0v) is 13.9. The standard InChI is InChI=1S/C17H19N3O2S/c1-3-12-7-5-8-13(4-2)15(12)19-16(21)17(22)20-18-11-14-9-6-10-23-14/h5-11H,3-4H2,1-2H3,(H,19,21)(H,20,22). The summed E-state index contributed by atoms with van der Waals surface area (Å²) in [6.07, 6.45) is 3.07. The monoisotopic (exact) mass is 329 g/mol. The van der Waals surface area contributed by atoms with Crippen molar-refractivity contribution < 1.29 is 9.59 Å². The van der Waals surface area contributed by atoms with Gasteiger partial charge in [-0.1, -0.05) is 38.1 Å². The van der Waals surface area contributed by atoms with Crippen molar-refractivity contribution in [3.05, 3.63) is 51.7 Å². The van der Waals surface area contributed by atoms with E-state index in [-0.39, 0.29) is 0 Å². The molecule has 2 rings (SSSR count). The number of benzene rings is 1. The molecule has 0 aliphatic carbocycles. The van der Waals surface area contributed by atoms with Crippen LogP contribution in [0, 0.1) is 0 Å². The summed E-state index contributed by atoms with van der Waals surface area (Å²) in [5.41, 5.74) is 4.98. The molecule has 120 valence electrons. The molecule has 2 aromatic rings. The van der Waals surface area contributed by atoms with Crippen LogP contribution < -0.4 is 10.7 Å². The van der Waals surface area contributed by atoms with Crippen LogP contribution in [0.1, 0.15) is 29.9 Å². The fourth-order valence-corrected chi connectivity index (χ4v) is 2.73. The molecular weight excluding hydrogens is 310 g/mol. The summed E-state index contributed by atoms with van der Waals surface area (Å²) in [4.78, 5) is 24.8. The Morgan fingerprint density at radius 2 is 1.78 bits per heavy atom. The Balaban J connectivity index is 2.02. The highest BCUT2D eigenvalue weighted by molar-refractivity contribution is 7.11. The van der Waals surface area contributed by atoms with E-state index in [0.29, 0.717) is 0 Å². The third kappa shape index (κ3) is 4.50. The molecule has 1 aromatic heterocycles. The van der Waals surface area contributed by atoms with E-state index in [9.17, 15) is 9.59 Å². The third-order valence-corrected chi connectivity index (χ3v) is 4.15. The number of carbonyl (C=O) groups is 2. The summed E-state index contributed by atoms with van der Waals surface area (Å²) in [7, 11) is 0. The number of thiophene rings is 1. The molecule has 23 heavy (non-hydrogen) atoms. The predicted octanol–water partition coefficient (Wildman–Crippen LogP) is 2.96. The van der Waals surface area contributed by atoms with Gasteiger partial charge >= 0.3 is 11.8 Å². The Morgan fingerprint density at radius 1 is 1.09 bits per heavy atom. The fraction of sp³-hybridized carbons (Fsp3) is 0.235. The van der Waals surface area contributed by atoms with Gasteiger partial charge in [0.1, 0.15) is 0 Å². The van der Waals surface area contributed by atoms with Crippen LogP contribution in [0.5, 0.6) is 0 Å². The van der Waals surface area contributed by atoms with E-state index in [1.165, 1.54) is 17.6 Å². The van der Waals surface area contributed by atoms with Gasteiger partial charge in [0, 0.05) is 10.6 Å². The Morgan fingerprint density at radius 3 is 2.35 bits per heavy atom. The van der Waals surface area contributed by atoms with Crippen molar-refractivity contribution in [3.8, 4) is 0 Å². The highest BCUT2D eigenvalue weighted by Gasteiger charge is 2.16. The minimum atomic E-state index is -0.786. The molecule has 1 aromatic carbocycles. The first-order valence-corrected chi connectivity index (χ1v) is 8.32. The first kappa shape index (κ1) is 16.9. The SMILES string of the molecule is CCc1cccc(CC)c1NC(=O)C(=O)NN=Cc1cccs1. The van der Waals surface area contributed by atoms with Crippen LogP contribution in [0.25, 0.3) is 0 Å². The van der Waals surface area contributed by atoms with Gasteiger partial charge in [-0.2, -0.15) is 5.10 Å². The molecule has 0 saturated carbocycles. The number of hydrogen-bond donors (Lipinski definition) is 2. The van der Waals surface area contributed by atoms with E-state index in [2.05, 4.69) is 15.8 Å². The average molecular weight is 329 g/mol. The first-order chi connectivity index (χ1) is 11.2. The molecule has 0 aliphatic rings. The second-order valence-electron chi connectivity index (χ2n) is 4.83. The quantitative estimate of drug-likeness (QED) is 0.503. The molecule has 6 heteroatoms. The number of carbonyl (C=O) groups excluding carboxylic acids is 2. The number of rotatable bonds is 5. The van der Waals surface area contributed by atoms with E-state index in [4.69, 9.17) is 0 Å². The van der Waals surface area contributed by atoms with Crippen LogP contribution in [0.3, 0.4) is 0 Å². The smallest absolute Gasteiger partial charge is 0.317 e. The number of hydrogen-bond acceptors (Lipinski definition) is 4. The Hall–Kier alpha value is -2.47. The van der Waals surface area contributed by atoms with Crippen LogP contribution >= 0.6 is 11.3 Å². The van der Waals surface area contributed by atoms with E-state index >= 15 is 0 Å². The minimum Gasteiger partial charge on any atom is -0.317 e. The Bertz CT molecular complexity index is 686. The lowest BCUT2D eigenvalue weighted by molar-refractivity contribution is -0.136. The molecule has 0 saturated heterocycles. The summed E-state index contributed by atoms with van der Waals surface area (Å²) >= 11 is 1.49. The summed E-state index contributed by atoms with van der Waals surface area (Å²) in [5, 5.41) is 8.40. The molecule has 2 N–H and O–H groups in total. The maximum atomic E-state index is 12.0. The van der Waals surface area contributed by atoms with Gasteiger partial charge < -0.3 is 5.32 Å². The number of para-hydroxylation sites is 1. The first-order valence-electron chi connectivity index (χ1n) is 7.44. The molecule has 0 atom stereocenters. The van der Waals surface area contributed by atoms with Crippen molar-refractivity contribution in [1.82, 2.24) is 5.43 Å². The maximum Gasteiger partial charge on any atom is 0.329 e. The van der Waals surface area contributed by atoms with Gasteiger partial charge in [0.2, 0.25) is 0 Å². The highest BCUT2D eigenvalue weighted by atomic mass is 32.1. The number of aryl methyl sites for hydroxylation is 2. The molecule has 0 unspecified atom stereocenters. The van der Waals surface area contributed by atoms with Crippen molar-refractivity contribution >= 4 is 35.1 Å². The molecular formula is C17H19N3O2S. The molecule has 0 aliphatic heterocycles. The molecule has 2 amide bonds. The number of anilines is 1. The van der Waals surface area contributed by atoms with Crippen molar-refractivity contribution in [2.45, 2.75) is 26.7 Å². The number of hydrazone groups is 1. The van der Waals surface area contributed by atoms with Gasteiger partial charge in [-0.3, -0.25) is 9.59 Å². The van der Waals surface area contributed by atoms with Crippen LogP contribution in [0.2, 0.25) is 0 Å². The van der Waals surface area contributed by atoms with Crippen molar-refractivity contribution in [3.63, 3.8) is 0 Å². The predicted molar refractivity (Wildman–Crippen MR) is 93.9 cm³/mol. The van der Waals surface area contributed by atoms with Gasteiger partial charge in [-0.25, -0.2) is 5.43 Å². The third-order valence-electron chi connectivity index (χ3n) is 3.34. The van der Waals surface area contributed by atoms with Crippen molar-refractivity contribution in [2.24, 2.45) is 5.10 Å². The second-order valence-corrected chi connectivity index (χ2v) is 5.81. The molecule has 0 spiro atoms. The van der Waals surface area contributed by atoms with Gasteiger partial charge in [0.05, 0.1) is 6.21 Å². The topological polar surface area (TPSA) is 70.6 Å². The van der Waals surface area contributed by atoms with Gasteiger partial charge in [-0.15, -0.1) is 11.3 Å². The number of nitrogens with one attached hydrogen (secondary N) is 2. The van der Waals surface area contributed by atoms with Crippen LogP contribution in [-0.4, -0.2) is 18.0 Å². The zero-order valence-electron chi connectivity index (χ0n) is 13.1. The van der Waals surface area contributed by atoms with E-state index in [1.807, 2.05) is 49.6 Å². The Labute approximate surface area is 139 Å². The molecule has 1 heterocycles. The summed E-state index contributed by atoms with van der Waals surface area (Å²) in [6.45, 7) is 4.02. The highest BCUT2D eigenvalue weighted by Crippen LogP contribution is 2.22. The van der Waals surface area contributed by atoms with E-state index < -0.39 is 11.8 Å². The summed E-state index contributed by atoms with van der Waals surface area (Å²) in [6, 6.07) is 9.60. The van der Waals surface area contributed by atoms with Gasteiger partial charge in [0.15, 0.2) is 0 Å². The van der Waals surface area contributed by atoms with E-state index in [1.54, 1.807) is 0 Å². The minimum absolute atomic E-state index is 0.719. The Kier molecular flexibility index (Phi) is 6.05. The average Bonchev–Trinajstić information content (AvgIpc) is 3.08. The lowest BCUT2D eigenvalue weighted by Crippen LogP contribution is -2.33. The molecule has 0 fully saturated rings. The zero-order chi connectivity index (χ0) is 16.7. The molecule has 5 nitrogen and oxygen atoms in total. The number of amides is 2. The van der Waals surface area contributed by atoms with Gasteiger partial charge in [0.25, 0.3) is 0 Å². The lowest BCUT2D eigenvalue weighted by atomic mass is 10.0. The summed E-state index contributed by atoms with van der Waals surface area (Å²) < 4.78 is 0. The maximum absolute atomic E-state index is 12.0. The lowest BCUT2D eigenvalue weighted by Gasteiger charge is -2.13. The summed E-state index contributed by atoms with van der Waals surface area (Å²) in [5.74, 6) is -1.50. The van der Waals surface area contributed by atoms with Crippen molar-refractivity contribution in [1.29, 1.82) is 0 Å². The second kappa shape index (κ2) is 8.24. The number of nitrogens with zero attached hydrogens (tertiary/aromatic N) is 1. The van der Waals surface area contributed by atoms with Gasteiger partial charge in [-0.05, 0) is 35.4 Å². The molecule has 0 radical (unpaired) electrons. The van der Waals surface area contributed by atoms with E-state index in [0.717, 1.165) is 34.5 Å². The normalized spacial score (nSPS) is 10.7. The van der Waals surface area contributed by atoms with Crippen molar-refractivity contribution in [2.75, 3.05) is 5.32 Å². The largest absolute Gasteiger partial charge is 0.329 e. The van der Waals surface area contributed by atoms with Crippen LogP contribution in [0.4, 0.5) is 5.69 Å². The van der Waals surface area contributed by atoms with Crippen LogP contribution in [0.15, 0.2) is 40.8 Å². The fourth-order valence-electron chi connectivity index (χ4n) is 2.14.